The molecular weight excluding hydrogens is 232 g/mol. The van der Waals surface area contributed by atoms with Gasteiger partial charge in [-0.15, -0.1) is 12.3 Å². The molecule has 0 bridgehead atoms. The number of esters is 1. The number of rotatable bonds is 4. The van der Waals surface area contributed by atoms with Crippen LogP contribution in [0.5, 0.6) is 0 Å². The highest BCUT2D eigenvalue weighted by atomic mass is 16.5. The monoisotopic (exact) mass is 246 g/mol. The van der Waals surface area contributed by atoms with Crippen LogP contribution in [0, 0.1) is 12.3 Å². The third-order valence-corrected chi connectivity index (χ3v) is 2.23. The summed E-state index contributed by atoms with van der Waals surface area (Å²) in [6.07, 6.45) is 5.23. The van der Waals surface area contributed by atoms with Gasteiger partial charge in [0.1, 0.15) is 0 Å². The van der Waals surface area contributed by atoms with Gasteiger partial charge in [-0.25, -0.2) is 4.79 Å². The van der Waals surface area contributed by atoms with E-state index in [0.717, 1.165) is 0 Å². The van der Waals surface area contributed by atoms with Crippen LogP contribution in [-0.2, 0) is 9.53 Å². The maximum Gasteiger partial charge on any atom is 0.337 e. The van der Waals surface area contributed by atoms with Crippen LogP contribution in [0.3, 0.4) is 0 Å². The van der Waals surface area contributed by atoms with E-state index in [4.69, 9.17) is 12.2 Å². The van der Waals surface area contributed by atoms with Crippen LogP contribution in [-0.4, -0.2) is 25.0 Å². The summed E-state index contributed by atoms with van der Waals surface area (Å²) < 4.78 is 4.58. The number of hydrogen-bond acceptors (Lipinski definition) is 4. The number of anilines is 1. The summed E-state index contributed by atoms with van der Waals surface area (Å²) in [5, 5.41) is 2.58. The molecule has 1 unspecified atom stereocenters. The number of hydrogen-bond donors (Lipinski definition) is 2. The number of methoxy groups -OCH3 is 1. The fraction of sp³-hybridized carbons (Fsp3) is 0.231. The molecule has 0 aliphatic heterocycles. The summed E-state index contributed by atoms with van der Waals surface area (Å²) in [6, 6.07) is 5.60. The fourth-order valence-electron chi connectivity index (χ4n) is 1.30. The Balaban J connectivity index is 2.77. The maximum atomic E-state index is 11.6. The highest BCUT2D eigenvalue weighted by molar-refractivity contribution is 5.96. The average molecular weight is 246 g/mol. The molecule has 0 fully saturated rings. The molecular formula is C13H14N2O3. The Hall–Kier alpha value is -2.32. The van der Waals surface area contributed by atoms with Crippen LogP contribution in [0.4, 0.5) is 5.69 Å². The van der Waals surface area contributed by atoms with E-state index in [-0.39, 0.29) is 6.42 Å². The first-order chi connectivity index (χ1) is 8.58. The normalized spacial score (nSPS) is 11.2. The molecule has 5 nitrogen and oxygen atoms in total. The van der Waals surface area contributed by atoms with Crippen LogP contribution >= 0.6 is 0 Å². The molecule has 0 saturated carbocycles. The van der Waals surface area contributed by atoms with Crippen molar-refractivity contribution in [3.63, 3.8) is 0 Å². The van der Waals surface area contributed by atoms with Crippen molar-refractivity contribution in [2.24, 2.45) is 5.73 Å². The van der Waals surface area contributed by atoms with Crippen molar-refractivity contribution < 1.29 is 14.3 Å². The fourth-order valence-corrected chi connectivity index (χ4v) is 1.30. The number of ether oxygens (including phenoxy) is 1. The Bertz CT molecular complexity index is 491. The lowest BCUT2D eigenvalue weighted by Gasteiger charge is -2.10. The molecule has 1 aromatic carbocycles. The van der Waals surface area contributed by atoms with Gasteiger partial charge in [0.15, 0.2) is 0 Å². The van der Waals surface area contributed by atoms with Crippen molar-refractivity contribution in [3.05, 3.63) is 29.8 Å². The summed E-state index contributed by atoms with van der Waals surface area (Å²) >= 11 is 0. The Kier molecular flexibility index (Phi) is 4.90. The van der Waals surface area contributed by atoms with E-state index < -0.39 is 17.9 Å². The van der Waals surface area contributed by atoms with Gasteiger partial charge in [0.05, 0.1) is 18.7 Å². The number of carbonyl (C=O) groups is 2. The van der Waals surface area contributed by atoms with E-state index in [1.807, 2.05) is 0 Å². The minimum absolute atomic E-state index is 0.155. The summed E-state index contributed by atoms with van der Waals surface area (Å²) in [6.45, 7) is 0. The Morgan fingerprint density at radius 1 is 1.56 bits per heavy atom. The van der Waals surface area contributed by atoms with Gasteiger partial charge in [0.25, 0.3) is 0 Å². The van der Waals surface area contributed by atoms with Gasteiger partial charge < -0.3 is 15.8 Å². The molecule has 0 aromatic heterocycles. The number of amides is 1. The summed E-state index contributed by atoms with van der Waals surface area (Å²) in [4.78, 5) is 22.9. The van der Waals surface area contributed by atoms with E-state index in [9.17, 15) is 9.59 Å². The number of terminal acetylenes is 1. The van der Waals surface area contributed by atoms with E-state index in [2.05, 4.69) is 16.0 Å². The van der Waals surface area contributed by atoms with E-state index in [1.54, 1.807) is 18.2 Å². The summed E-state index contributed by atoms with van der Waals surface area (Å²) in [5.74, 6) is 1.45. The van der Waals surface area contributed by atoms with Crippen molar-refractivity contribution in [3.8, 4) is 12.3 Å². The molecule has 3 N–H and O–H groups in total. The topological polar surface area (TPSA) is 81.4 Å². The van der Waals surface area contributed by atoms with Crippen molar-refractivity contribution >= 4 is 17.6 Å². The zero-order valence-corrected chi connectivity index (χ0v) is 9.97. The third-order valence-electron chi connectivity index (χ3n) is 2.23. The molecule has 0 saturated heterocycles. The number of nitrogens with two attached hydrogens (primary N) is 1. The molecule has 1 atom stereocenters. The predicted octanol–water partition coefficient (Wildman–Crippen LogP) is 0.762. The van der Waals surface area contributed by atoms with Crippen molar-refractivity contribution in [2.45, 2.75) is 12.5 Å². The molecule has 94 valence electrons. The van der Waals surface area contributed by atoms with Gasteiger partial charge in [-0.2, -0.15) is 0 Å². The second kappa shape index (κ2) is 6.42. The van der Waals surface area contributed by atoms with Crippen molar-refractivity contribution in [2.75, 3.05) is 12.4 Å². The van der Waals surface area contributed by atoms with Gasteiger partial charge in [-0.05, 0) is 18.2 Å². The molecule has 1 aromatic rings. The molecule has 0 radical (unpaired) electrons. The van der Waals surface area contributed by atoms with Gasteiger partial charge >= 0.3 is 5.97 Å². The third kappa shape index (κ3) is 3.61. The average Bonchev–Trinajstić information content (AvgIpc) is 2.38. The molecule has 0 aliphatic rings. The molecule has 0 heterocycles. The molecule has 5 heteroatoms. The zero-order valence-electron chi connectivity index (χ0n) is 9.97. The summed E-state index contributed by atoms with van der Waals surface area (Å²) in [7, 11) is 1.29. The smallest absolute Gasteiger partial charge is 0.337 e. The zero-order chi connectivity index (χ0) is 13.5. The lowest BCUT2D eigenvalue weighted by molar-refractivity contribution is -0.117. The van der Waals surface area contributed by atoms with Crippen LogP contribution in [0.2, 0.25) is 0 Å². The van der Waals surface area contributed by atoms with Gasteiger partial charge in [0, 0.05) is 12.1 Å². The Morgan fingerprint density at radius 3 is 2.89 bits per heavy atom. The minimum Gasteiger partial charge on any atom is -0.465 e. The molecule has 1 rings (SSSR count). The van der Waals surface area contributed by atoms with Gasteiger partial charge in [0.2, 0.25) is 5.91 Å². The standard InChI is InChI=1S/C13H14N2O3/c1-3-5-11(14)12(16)15-10-7-4-6-9(8-10)13(17)18-2/h1,4,6-8,11H,5,14H2,2H3,(H,15,16). The number of nitrogens with one attached hydrogen (secondary N) is 1. The second-order valence-electron chi connectivity index (χ2n) is 3.58. The van der Waals surface area contributed by atoms with Crippen molar-refractivity contribution in [1.82, 2.24) is 0 Å². The maximum absolute atomic E-state index is 11.6. The highest BCUT2D eigenvalue weighted by Gasteiger charge is 2.13. The van der Waals surface area contributed by atoms with Gasteiger partial charge in [-0.3, -0.25) is 4.79 Å². The summed E-state index contributed by atoms with van der Waals surface area (Å²) in [5.41, 5.74) is 6.37. The molecule has 0 aliphatic carbocycles. The first-order valence-corrected chi connectivity index (χ1v) is 5.26. The van der Waals surface area contributed by atoms with Crippen LogP contribution in [0.1, 0.15) is 16.8 Å². The minimum atomic E-state index is -0.767. The Labute approximate surface area is 105 Å². The number of benzene rings is 1. The van der Waals surface area contributed by atoms with Crippen LogP contribution in [0.25, 0.3) is 0 Å². The van der Waals surface area contributed by atoms with E-state index in [0.29, 0.717) is 11.3 Å². The molecule has 18 heavy (non-hydrogen) atoms. The number of carbonyl (C=O) groups excluding carboxylic acids is 2. The molecule has 0 spiro atoms. The SMILES string of the molecule is C#CCC(N)C(=O)Nc1cccc(C(=O)OC)c1. The second-order valence-corrected chi connectivity index (χ2v) is 3.58. The predicted molar refractivity (Wildman–Crippen MR) is 67.8 cm³/mol. The van der Waals surface area contributed by atoms with Crippen LogP contribution < -0.4 is 11.1 Å². The first kappa shape index (κ1) is 13.7. The largest absolute Gasteiger partial charge is 0.465 e. The molecule has 1 amide bonds. The van der Waals surface area contributed by atoms with E-state index in [1.165, 1.54) is 13.2 Å². The van der Waals surface area contributed by atoms with E-state index >= 15 is 0 Å². The first-order valence-electron chi connectivity index (χ1n) is 5.26. The van der Waals surface area contributed by atoms with Crippen molar-refractivity contribution in [1.29, 1.82) is 0 Å². The Morgan fingerprint density at radius 2 is 2.28 bits per heavy atom. The van der Waals surface area contributed by atoms with Crippen LogP contribution in [0.15, 0.2) is 24.3 Å². The highest BCUT2D eigenvalue weighted by Crippen LogP contribution is 2.12. The quantitative estimate of drug-likeness (QED) is 0.607. The lowest BCUT2D eigenvalue weighted by Crippen LogP contribution is -2.35. The lowest BCUT2D eigenvalue weighted by atomic mass is 10.1. The van der Waals surface area contributed by atoms with Gasteiger partial charge in [-0.1, -0.05) is 6.07 Å².